The Labute approximate surface area is 109 Å². The van der Waals surface area contributed by atoms with E-state index < -0.39 is 6.09 Å². The maximum absolute atomic E-state index is 11.5. The van der Waals surface area contributed by atoms with Crippen molar-refractivity contribution in [2.24, 2.45) is 7.05 Å². The predicted molar refractivity (Wildman–Crippen MR) is 70.4 cm³/mol. The first-order chi connectivity index (χ1) is 9.08. The average Bonchev–Trinajstić information content (AvgIpc) is 2.36. The Kier molecular flexibility index (Phi) is 3.61. The van der Waals surface area contributed by atoms with Gasteiger partial charge in [0.2, 0.25) is 5.56 Å². The van der Waals surface area contributed by atoms with Crippen LogP contribution in [0, 0.1) is 0 Å². The van der Waals surface area contributed by atoms with Crippen molar-refractivity contribution in [3.63, 3.8) is 0 Å². The Morgan fingerprint density at radius 3 is 2.95 bits per heavy atom. The smallest absolute Gasteiger partial charge is 0.409 e. The van der Waals surface area contributed by atoms with Crippen LogP contribution < -0.4 is 10.9 Å². The number of carbonyl (C=O) groups is 1. The van der Waals surface area contributed by atoms with Gasteiger partial charge in [0.15, 0.2) is 0 Å². The van der Waals surface area contributed by atoms with Gasteiger partial charge in [-0.1, -0.05) is 6.07 Å². The van der Waals surface area contributed by atoms with Crippen LogP contribution in [-0.4, -0.2) is 20.8 Å². The molecule has 98 valence electrons. The molecule has 6 nitrogen and oxygen atoms in total. The molecule has 0 atom stereocenters. The standard InChI is InChI=1S/C13H13N3O3/c1-16-10(3-2-4-12(16)17)7-9-5-6-14-8-11(9)15-13(18)19/h2-6,8,15H,7H2,1H3,(H,18,19). The molecule has 0 aliphatic carbocycles. The molecule has 0 saturated heterocycles. The Morgan fingerprint density at radius 2 is 2.21 bits per heavy atom. The SMILES string of the molecule is Cn1c(Cc2ccncc2NC(=O)O)cccc1=O. The first kappa shape index (κ1) is 12.8. The fourth-order valence-corrected chi connectivity index (χ4v) is 1.78. The van der Waals surface area contributed by atoms with Crippen molar-refractivity contribution in [2.45, 2.75) is 6.42 Å². The van der Waals surface area contributed by atoms with Crippen molar-refractivity contribution in [1.82, 2.24) is 9.55 Å². The maximum atomic E-state index is 11.5. The van der Waals surface area contributed by atoms with Crippen LogP contribution in [0.2, 0.25) is 0 Å². The molecule has 1 amide bonds. The number of rotatable bonds is 3. The summed E-state index contributed by atoms with van der Waals surface area (Å²) >= 11 is 0. The zero-order chi connectivity index (χ0) is 13.8. The highest BCUT2D eigenvalue weighted by Gasteiger charge is 2.08. The zero-order valence-electron chi connectivity index (χ0n) is 10.3. The van der Waals surface area contributed by atoms with E-state index in [9.17, 15) is 9.59 Å². The number of anilines is 1. The molecule has 2 aromatic rings. The topological polar surface area (TPSA) is 84.2 Å². The average molecular weight is 259 g/mol. The number of nitrogens with zero attached hydrogens (tertiary/aromatic N) is 2. The predicted octanol–water partition coefficient (Wildman–Crippen LogP) is 1.46. The van der Waals surface area contributed by atoms with Crippen molar-refractivity contribution in [1.29, 1.82) is 0 Å². The highest BCUT2D eigenvalue weighted by Crippen LogP contribution is 2.17. The van der Waals surface area contributed by atoms with Gasteiger partial charge in [-0.25, -0.2) is 4.79 Å². The Morgan fingerprint density at radius 1 is 1.42 bits per heavy atom. The summed E-state index contributed by atoms with van der Waals surface area (Å²) in [4.78, 5) is 26.1. The molecule has 2 aromatic heterocycles. The molecule has 0 spiro atoms. The lowest BCUT2D eigenvalue weighted by Gasteiger charge is -2.11. The molecule has 0 bridgehead atoms. The molecule has 0 aliphatic heterocycles. The minimum atomic E-state index is -1.14. The number of carboxylic acid groups (broad SMARTS) is 1. The number of nitrogens with one attached hydrogen (secondary N) is 1. The van der Waals surface area contributed by atoms with E-state index in [0.717, 1.165) is 11.3 Å². The molecule has 19 heavy (non-hydrogen) atoms. The number of amides is 1. The summed E-state index contributed by atoms with van der Waals surface area (Å²) in [5.74, 6) is 0. The van der Waals surface area contributed by atoms with Gasteiger partial charge < -0.3 is 9.67 Å². The van der Waals surface area contributed by atoms with E-state index in [4.69, 9.17) is 5.11 Å². The zero-order valence-corrected chi connectivity index (χ0v) is 10.3. The highest BCUT2D eigenvalue weighted by molar-refractivity contribution is 5.83. The van der Waals surface area contributed by atoms with Crippen molar-refractivity contribution in [2.75, 3.05) is 5.32 Å². The van der Waals surface area contributed by atoms with Crippen LogP contribution in [0.25, 0.3) is 0 Å². The number of hydrogen-bond acceptors (Lipinski definition) is 3. The lowest BCUT2D eigenvalue weighted by atomic mass is 10.1. The van der Waals surface area contributed by atoms with Crippen molar-refractivity contribution in [3.05, 3.63) is 58.3 Å². The van der Waals surface area contributed by atoms with E-state index in [-0.39, 0.29) is 5.56 Å². The van der Waals surface area contributed by atoms with Crippen LogP contribution in [0.4, 0.5) is 10.5 Å². The van der Waals surface area contributed by atoms with Crippen LogP contribution in [0.5, 0.6) is 0 Å². The molecule has 2 rings (SSSR count). The molecular weight excluding hydrogens is 246 g/mol. The second-order valence-electron chi connectivity index (χ2n) is 4.05. The van der Waals surface area contributed by atoms with Gasteiger partial charge in [-0.3, -0.25) is 15.1 Å². The Balaban J connectivity index is 2.35. The van der Waals surface area contributed by atoms with Gasteiger partial charge in [-0.05, 0) is 17.7 Å². The first-order valence-corrected chi connectivity index (χ1v) is 5.65. The minimum absolute atomic E-state index is 0.0979. The second kappa shape index (κ2) is 5.34. The van der Waals surface area contributed by atoms with Crippen LogP contribution >= 0.6 is 0 Å². The molecule has 0 unspecified atom stereocenters. The lowest BCUT2D eigenvalue weighted by Crippen LogP contribution is -2.19. The van der Waals surface area contributed by atoms with Crippen molar-refractivity contribution in [3.8, 4) is 0 Å². The van der Waals surface area contributed by atoms with Gasteiger partial charge in [0.1, 0.15) is 0 Å². The van der Waals surface area contributed by atoms with Crippen LogP contribution in [0.15, 0.2) is 41.5 Å². The van der Waals surface area contributed by atoms with E-state index in [2.05, 4.69) is 10.3 Å². The third-order valence-corrected chi connectivity index (χ3v) is 2.81. The normalized spacial score (nSPS) is 10.2. The third kappa shape index (κ3) is 2.98. The van der Waals surface area contributed by atoms with Gasteiger partial charge in [-0.15, -0.1) is 0 Å². The van der Waals surface area contributed by atoms with E-state index in [1.54, 1.807) is 25.4 Å². The second-order valence-corrected chi connectivity index (χ2v) is 4.05. The maximum Gasteiger partial charge on any atom is 0.409 e. The summed E-state index contributed by atoms with van der Waals surface area (Å²) in [6.45, 7) is 0. The van der Waals surface area contributed by atoms with Crippen molar-refractivity contribution >= 4 is 11.8 Å². The Bertz CT molecular complexity index is 664. The van der Waals surface area contributed by atoms with Gasteiger partial charge in [-0.2, -0.15) is 0 Å². The van der Waals surface area contributed by atoms with E-state index in [1.807, 2.05) is 6.07 Å². The van der Waals surface area contributed by atoms with Crippen molar-refractivity contribution < 1.29 is 9.90 Å². The molecule has 0 saturated carbocycles. The quantitative estimate of drug-likeness (QED) is 0.874. The summed E-state index contributed by atoms with van der Waals surface area (Å²) in [5, 5.41) is 11.1. The van der Waals surface area contributed by atoms with Gasteiger partial charge in [0, 0.05) is 31.4 Å². The molecule has 0 radical (unpaired) electrons. The van der Waals surface area contributed by atoms with Gasteiger partial charge >= 0.3 is 6.09 Å². The summed E-state index contributed by atoms with van der Waals surface area (Å²) in [6, 6.07) is 6.71. The number of aromatic nitrogens is 2. The third-order valence-electron chi connectivity index (χ3n) is 2.81. The molecule has 6 heteroatoms. The lowest BCUT2D eigenvalue weighted by molar-refractivity contribution is 0.209. The molecule has 0 aliphatic rings. The molecular formula is C13H13N3O3. The van der Waals surface area contributed by atoms with Crippen LogP contribution in [0.1, 0.15) is 11.3 Å². The molecule has 2 heterocycles. The van der Waals surface area contributed by atoms with Gasteiger partial charge in [0.05, 0.1) is 11.9 Å². The summed E-state index contributed by atoms with van der Waals surface area (Å²) in [7, 11) is 1.68. The number of pyridine rings is 2. The number of hydrogen-bond donors (Lipinski definition) is 2. The largest absolute Gasteiger partial charge is 0.465 e. The first-order valence-electron chi connectivity index (χ1n) is 5.65. The highest BCUT2D eigenvalue weighted by atomic mass is 16.4. The monoisotopic (exact) mass is 259 g/mol. The summed E-state index contributed by atoms with van der Waals surface area (Å²) in [6.07, 6.45) is 2.34. The molecule has 2 N–H and O–H groups in total. The molecule has 0 aromatic carbocycles. The summed E-state index contributed by atoms with van der Waals surface area (Å²) in [5.41, 5.74) is 1.89. The van der Waals surface area contributed by atoms with Gasteiger partial charge in [0.25, 0.3) is 0 Å². The fraction of sp³-hybridized carbons (Fsp3) is 0.154. The summed E-state index contributed by atoms with van der Waals surface area (Å²) < 4.78 is 1.53. The fourth-order valence-electron chi connectivity index (χ4n) is 1.78. The molecule has 0 fully saturated rings. The van der Waals surface area contributed by atoms with Crippen LogP contribution in [-0.2, 0) is 13.5 Å². The Hall–Kier alpha value is -2.63. The van der Waals surface area contributed by atoms with Crippen LogP contribution in [0.3, 0.4) is 0 Å². The minimum Gasteiger partial charge on any atom is -0.465 e. The van der Waals surface area contributed by atoms with E-state index in [1.165, 1.54) is 16.8 Å². The van der Waals surface area contributed by atoms with E-state index >= 15 is 0 Å². The van der Waals surface area contributed by atoms with E-state index in [0.29, 0.717) is 12.1 Å².